The van der Waals surface area contributed by atoms with Gasteiger partial charge in [0.05, 0.1) is 9.64 Å². The Hall–Kier alpha value is -1.72. The van der Waals surface area contributed by atoms with Gasteiger partial charge in [-0.1, -0.05) is 30.3 Å². The van der Waals surface area contributed by atoms with Crippen molar-refractivity contribution in [2.75, 3.05) is 13.1 Å². The monoisotopic (exact) mass is 415 g/mol. The normalized spacial score (nSPS) is 24.9. The molecule has 1 saturated heterocycles. The van der Waals surface area contributed by atoms with Crippen LogP contribution in [0.25, 0.3) is 0 Å². The molecule has 2 bridgehead atoms. The first kappa shape index (κ1) is 20.5. The van der Waals surface area contributed by atoms with Crippen LogP contribution in [-0.4, -0.2) is 37.2 Å². The lowest BCUT2D eigenvalue weighted by atomic mass is 9.90. The molecule has 1 saturated carbocycles. The van der Waals surface area contributed by atoms with E-state index in [1.807, 2.05) is 32.0 Å². The number of nitrogens with zero attached hydrogens (tertiary/aromatic N) is 1. The summed E-state index contributed by atoms with van der Waals surface area (Å²) in [4.78, 5) is 2.94. The molecule has 0 aromatic heterocycles. The minimum atomic E-state index is -3.36. The fraction of sp³-hybridized carbons (Fsp3) is 0.500. The highest BCUT2D eigenvalue weighted by Crippen LogP contribution is 2.47. The molecular formula is C24H30FNO2S. The lowest BCUT2D eigenvalue weighted by molar-refractivity contribution is 0.187. The number of hydrogen-bond acceptors (Lipinski definition) is 3. The Morgan fingerprint density at radius 3 is 2.38 bits per heavy atom. The third-order valence-corrected chi connectivity index (χ3v) is 9.44. The van der Waals surface area contributed by atoms with E-state index in [4.69, 9.17) is 0 Å². The average Bonchev–Trinajstić information content (AvgIpc) is 3.29. The van der Waals surface area contributed by atoms with Gasteiger partial charge in [-0.2, -0.15) is 0 Å². The highest BCUT2D eigenvalue weighted by atomic mass is 32.2. The minimum Gasteiger partial charge on any atom is -0.299 e. The van der Waals surface area contributed by atoms with E-state index in [2.05, 4.69) is 4.90 Å². The van der Waals surface area contributed by atoms with Crippen molar-refractivity contribution >= 4 is 9.84 Å². The van der Waals surface area contributed by atoms with Crippen molar-refractivity contribution < 1.29 is 12.8 Å². The Morgan fingerprint density at radius 2 is 1.72 bits per heavy atom. The minimum absolute atomic E-state index is 0.185. The van der Waals surface area contributed by atoms with Crippen LogP contribution in [0.5, 0.6) is 0 Å². The number of benzene rings is 2. The maximum atomic E-state index is 13.3. The molecule has 0 radical (unpaired) electrons. The Kier molecular flexibility index (Phi) is 5.56. The summed E-state index contributed by atoms with van der Waals surface area (Å²) in [6, 6.07) is 16.2. The lowest BCUT2D eigenvalue weighted by Crippen LogP contribution is -2.39. The van der Waals surface area contributed by atoms with Crippen molar-refractivity contribution in [3.8, 4) is 0 Å². The zero-order valence-electron chi connectivity index (χ0n) is 17.2. The van der Waals surface area contributed by atoms with Crippen LogP contribution in [0.3, 0.4) is 0 Å². The van der Waals surface area contributed by atoms with E-state index in [9.17, 15) is 12.8 Å². The van der Waals surface area contributed by atoms with Crippen molar-refractivity contribution in [3.05, 3.63) is 66.0 Å². The highest BCUT2D eigenvalue weighted by molar-refractivity contribution is 7.92. The molecule has 156 valence electrons. The molecule has 0 amide bonds. The van der Waals surface area contributed by atoms with Crippen LogP contribution in [0.15, 0.2) is 59.5 Å². The molecule has 2 aliphatic rings. The molecule has 0 spiro atoms. The van der Waals surface area contributed by atoms with Gasteiger partial charge in [-0.15, -0.1) is 0 Å². The topological polar surface area (TPSA) is 37.4 Å². The molecule has 3 nitrogen and oxygen atoms in total. The van der Waals surface area contributed by atoms with Gasteiger partial charge >= 0.3 is 0 Å². The number of hydrogen-bond donors (Lipinski definition) is 0. The Balaban J connectivity index is 1.38. The zero-order valence-corrected chi connectivity index (χ0v) is 18.0. The van der Waals surface area contributed by atoms with Crippen molar-refractivity contribution in [3.63, 3.8) is 0 Å². The van der Waals surface area contributed by atoms with Gasteiger partial charge in [0.2, 0.25) is 0 Å². The molecule has 29 heavy (non-hydrogen) atoms. The summed E-state index contributed by atoms with van der Waals surface area (Å²) in [5.41, 5.74) is 1.23. The van der Waals surface area contributed by atoms with Crippen LogP contribution < -0.4 is 0 Å². The Bertz CT molecular complexity index is 941. The van der Waals surface area contributed by atoms with Gasteiger partial charge in [0.15, 0.2) is 9.84 Å². The van der Waals surface area contributed by atoms with Gasteiger partial charge in [0, 0.05) is 12.6 Å². The summed E-state index contributed by atoms with van der Waals surface area (Å²) in [6.45, 7) is 5.71. The predicted molar refractivity (Wildman–Crippen MR) is 114 cm³/mol. The first-order valence-corrected chi connectivity index (χ1v) is 12.1. The fourth-order valence-corrected chi connectivity index (χ4v) is 6.79. The van der Waals surface area contributed by atoms with E-state index in [0.29, 0.717) is 29.2 Å². The highest BCUT2D eigenvalue weighted by Gasteiger charge is 2.45. The van der Waals surface area contributed by atoms with Crippen LogP contribution in [-0.2, 0) is 9.84 Å². The van der Waals surface area contributed by atoms with E-state index in [1.165, 1.54) is 18.4 Å². The van der Waals surface area contributed by atoms with Crippen molar-refractivity contribution in [2.45, 2.75) is 61.1 Å². The second-order valence-electron chi connectivity index (χ2n) is 9.24. The van der Waals surface area contributed by atoms with Crippen LogP contribution in [0.2, 0.25) is 0 Å². The molecule has 1 aliphatic heterocycles. The second kappa shape index (κ2) is 7.84. The van der Waals surface area contributed by atoms with E-state index in [-0.39, 0.29) is 5.82 Å². The van der Waals surface area contributed by atoms with E-state index in [1.54, 1.807) is 36.4 Å². The number of fused-ring (bicyclic) bond motifs is 2. The Morgan fingerprint density at radius 1 is 1.03 bits per heavy atom. The maximum absolute atomic E-state index is 13.3. The van der Waals surface area contributed by atoms with Crippen LogP contribution in [0.1, 0.15) is 51.0 Å². The molecule has 3 atom stereocenters. The summed E-state index contributed by atoms with van der Waals surface area (Å²) in [7, 11) is -3.36. The quantitative estimate of drug-likeness (QED) is 0.636. The van der Waals surface area contributed by atoms with Crippen LogP contribution >= 0.6 is 0 Å². The van der Waals surface area contributed by atoms with E-state index < -0.39 is 14.6 Å². The molecule has 0 unspecified atom stereocenters. The van der Waals surface area contributed by atoms with E-state index in [0.717, 1.165) is 19.5 Å². The molecular weight excluding hydrogens is 385 g/mol. The third kappa shape index (κ3) is 3.99. The molecule has 2 aromatic rings. The summed E-state index contributed by atoms with van der Waals surface area (Å²) in [5.74, 6) is 0.988. The summed E-state index contributed by atoms with van der Waals surface area (Å²) in [5, 5.41) is 0. The Labute approximate surface area is 173 Å². The third-order valence-electron chi connectivity index (χ3n) is 6.89. The SMILES string of the molecule is CC(C)(CCCN1C[C@H]2C[C@@H](c3ccc(F)cc3)[C@@H]1C2)S(=O)(=O)c1ccccc1. The zero-order chi connectivity index (χ0) is 20.6. The van der Waals surface area contributed by atoms with Crippen molar-refractivity contribution in [1.82, 2.24) is 4.90 Å². The van der Waals surface area contributed by atoms with Crippen molar-refractivity contribution in [1.29, 1.82) is 0 Å². The number of likely N-dealkylation sites (tertiary alicyclic amines) is 1. The van der Waals surface area contributed by atoms with Gasteiger partial charge in [-0.25, -0.2) is 12.8 Å². The van der Waals surface area contributed by atoms with Gasteiger partial charge in [-0.05, 0) is 87.7 Å². The van der Waals surface area contributed by atoms with Crippen LogP contribution in [0, 0.1) is 11.7 Å². The van der Waals surface area contributed by atoms with Gasteiger partial charge in [-0.3, -0.25) is 4.90 Å². The summed E-state index contributed by atoms with van der Waals surface area (Å²) < 4.78 is 38.5. The van der Waals surface area contributed by atoms with Crippen LogP contribution in [0.4, 0.5) is 4.39 Å². The first-order valence-electron chi connectivity index (χ1n) is 10.6. The average molecular weight is 416 g/mol. The smallest absolute Gasteiger partial charge is 0.183 e. The van der Waals surface area contributed by atoms with E-state index >= 15 is 0 Å². The fourth-order valence-electron chi connectivity index (χ4n) is 5.22. The second-order valence-corrected chi connectivity index (χ2v) is 11.8. The number of sulfone groups is 1. The number of rotatable bonds is 7. The summed E-state index contributed by atoms with van der Waals surface area (Å²) >= 11 is 0. The molecule has 2 fully saturated rings. The largest absolute Gasteiger partial charge is 0.299 e. The molecule has 0 N–H and O–H groups in total. The van der Waals surface area contributed by atoms with Crippen molar-refractivity contribution in [2.24, 2.45) is 5.92 Å². The number of halogens is 1. The molecule has 2 aromatic carbocycles. The standard InChI is InChI=1S/C24H30FNO2S/c1-24(2,29(27,28)21-7-4-3-5-8-21)13-6-14-26-17-18-15-22(23(26)16-18)19-9-11-20(25)12-10-19/h3-5,7-12,18,22-23H,6,13-17H2,1-2H3/t18-,22-,23-/m0/s1. The summed E-state index contributed by atoms with van der Waals surface area (Å²) in [6.07, 6.45) is 3.88. The molecule has 1 heterocycles. The maximum Gasteiger partial charge on any atom is 0.183 e. The number of piperidine rings is 1. The predicted octanol–water partition coefficient (Wildman–Crippen LogP) is 5.04. The molecule has 1 aliphatic carbocycles. The lowest BCUT2D eigenvalue weighted by Gasteiger charge is -2.34. The van der Waals surface area contributed by atoms with Gasteiger partial charge < -0.3 is 0 Å². The molecule has 4 rings (SSSR count). The first-order chi connectivity index (χ1) is 13.8. The van der Waals surface area contributed by atoms with Gasteiger partial charge in [0.25, 0.3) is 0 Å². The molecule has 5 heteroatoms. The van der Waals surface area contributed by atoms with Gasteiger partial charge in [0.1, 0.15) is 5.82 Å².